The fourth-order valence-corrected chi connectivity index (χ4v) is 5.47. The average molecular weight is 480 g/mol. The van der Waals surface area contributed by atoms with Crippen molar-refractivity contribution in [2.45, 2.75) is 11.8 Å². The minimum Gasteiger partial charge on any atom is -0.497 e. The molecule has 0 aliphatic carbocycles. The van der Waals surface area contributed by atoms with Crippen molar-refractivity contribution in [3.8, 4) is 5.75 Å². The first-order chi connectivity index (χ1) is 16.4. The molecule has 3 aromatic carbocycles. The molecule has 3 aromatic rings. The van der Waals surface area contributed by atoms with Crippen LogP contribution < -0.4 is 13.9 Å². The Kier molecular flexibility index (Phi) is 7.07. The number of carbonyl (C=O) groups is 1. The topological polar surface area (TPSA) is 70.2 Å². The van der Waals surface area contributed by atoms with Gasteiger partial charge in [0.2, 0.25) is 5.91 Å². The van der Waals surface area contributed by atoms with Gasteiger partial charge in [-0.2, -0.15) is 0 Å². The van der Waals surface area contributed by atoms with E-state index in [9.17, 15) is 13.2 Å². The molecule has 1 fully saturated rings. The third-order valence-corrected chi connectivity index (χ3v) is 7.76. The van der Waals surface area contributed by atoms with Gasteiger partial charge in [-0.25, -0.2) is 8.42 Å². The highest BCUT2D eigenvalue weighted by Gasteiger charge is 2.30. The first-order valence-electron chi connectivity index (χ1n) is 11.2. The van der Waals surface area contributed by atoms with E-state index in [1.807, 2.05) is 37.3 Å². The highest BCUT2D eigenvalue weighted by atomic mass is 32.2. The molecule has 178 valence electrons. The molecule has 7 nitrogen and oxygen atoms in total. The number of ether oxygens (including phenoxy) is 1. The molecule has 1 aliphatic rings. The molecule has 1 heterocycles. The summed E-state index contributed by atoms with van der Waals surface area (Å²) in [5, 5.41) is 0. The molecular weight excluding hydrogens is 450 g/mol. The number of nitrogens with zero attached hydrogens (tertiary/aromatic N) is 3. The summed E-state index contributed by atoms with van der Waals surface area (Å²) < 4.78 is 33.4. The molecule has 1 aliphatic heterocycles. The summed E-state index contributed by atoms with van der Waals surface area (Å²) >= 11 is 0. The third-order valence-electron chi connectivity index (χ3n) is 5.97. The van der Waals surface area contributed by atoms with E-state index in [1.54, 1.807) is 60.5 Å². The summed E-state index contributed by atoms with van der Waals surface area (Å²) in [5.74, 6) is 0.587. The van der Waals surface area contributed by atoms with Crippen LogP contribution in [0.2, 0.25) is 0 Å². The van der Waals surface area contributed by atoms with E-state index < -0.39 is 10.0 Å². The van der Waals surface area contributed by atoms with Gasteiger partial charge in [0, 0.05) is 31.9 Å². The van der Waals surface area contributed by atoms with Crippen LogP contribution in [0.4, 0.5) is 11.4 Å². The normalized spacial score (nSPS) is 14.1. The second kappa shape index (κ2) is 10.2. The molecule has 0 N–H and O–H groups in total. The zero-order valence-corrected chi connectivity index (χ0v) is 20.2. The number of methoxy groups -OCH3 is 1. The van der Waals surface area contributed by atoms with Gasteiger partial charge in [-0.15, -0.1) is 0 Å². The predicted molar refractivity (Wildman–Crippen MR) is 134 cm³/mol. The molecule has 0 unspecified atom stereocenters. The summed E-state index contributed by atoms with van der Waals surface area (Å²) in [6.07, 6.45) is 0. The zero-order chi connectivity index (χ0) is 24.1. The maximum atomic E-state index is 13.5. The highest BCUT2D eigenvalue weighted by Crippen LogP contribution is 2.25. The van der Waals surface area contributed by atoms with E-state index in [0.717, 1.165) is 17.0 Å². The van der Waals surface area contributed by atoms with Crippen molar-refractivity contribution in [3.05, 3.63) is 84.4 Å². The first-order valence-corrected chi connectivity index (χ1v) is 12.6. The van der Waals surface area contributed by atoms with Crippen molar-refractivity contribution < 1.29 is 17.9 Å². The van der Waals surface area contributed by atoms with Gasteiger partial charge in [0.1, 0.15) is 12.3 Å². The van der Waals surface area contributed by atoms with Gasteiger partial charge in [0.05, 0.1) is 17.7 Å². The van der Waals surface area contributed by atoms with E-state index in [-0.39, 0.29) is 17.3 Å². The smallest absolute Gasteiger partial charge is 0.264 e. The fraction of sp³-hybridized carbons (Fsp3) is 0.269. The Morgan fingerprint density at radius 1 is 0.912 bits per heavy atom. The number of piperazine rings is 1. The molecule has 0 spiro atoms. The van der Waals surface area contributed by atoms with Crippen LogP contribution in [0.5, 0.6) is 5.75 Å². The Balaban J connectivity index is 1.50. The summed E-state index contributed by atoms with van der Waals surface area (Å²) in [6, 6.07) is 23.3. The van der Waals surface area contributed by atoms with Crippen LogP contribution in [0, 0.1) is 6.92 Å². The van der Waals surface area contributed by atoms with Gasteiger partial charge in [0.25, 0.3) is 10.0 Å². The Labute approximate surface area is 201 Å². The number of carbonyl (C=O) groups excluding carboxylic acids is 1. The molecule has 0 radical (unpaired) electrons. The minimum atomic E-state index is -3.90. The first kappa shape index (κ1) is 23.6. The van der Waals surface area contributed by atoms with Crippen LogP contribution in [0.25, 0.3) is 0 Å². The molecule has 0 saturated carbocycles. The molecule has 1 amide bonds. The Morgan fingerprint density at radius 3 is 2.21 bits per heavy atom. The van der Waals surface area contributed by atoms with Crippen LogP contribution in [-0.2, 0) is 14.8 Å². The molecule has 0 atom stereocenters. The van der Waals surface area contributed by atoms with Crippen molar-refractivity contribution in [3.63, 3.8) is 0 Å². The number of hydrogen-bond acceptors (Lipinski definition) is 5. The van der Waals surface area contributed by atoms with Gasteiger partial charge in [0.15, 0.2) is 0 Å². The van der Waals surface area contributed by atoms with Crippen LogP contribution in [0.15, 0.2) is 83.8 Å². The Bertz CT molecular complexity index is 1220. The van der Waals surface area contributed by atoms with Crippen molar-refractivity contribution in [1.82, 2.24) is 4.90 Å². The molecule has 0 aromatic heterocycles. The van der Waals surface area contributed by atoms with E-state index in [4.69, 9.17) is 4.74 Å². The van der Waals surface area contributed by atoms with Crippen molar-refractivity contribution in [2.75, 3.05) is 49.0 Å². The van der Waals surface area contributed by atoms with Gasteiger partial charge in [-0.05, 0) is 61.0 Å². The van der Waals surface area contributed by atoms with E-state index >= 15 is 0 Å². The molecular formula is C26H29N3O4S. The van der Waals surface area contributed by atoms with E-state index in [0.29, 0.717) is 31.9 Å². The Morgan fingerprint density at radius 2 is 1.59 bits per heavy atom. The number of hydrogen-bond donors (Lipinski definition) is 0. The average Bonchev–Trinajstić information content (AvgIpc) is 2.87. The number of anilines is 2. The summed E-state index contributed by atoms with van der Waals surface area (Å²) in [6.45, 7) is 4.05. The van der Waals surface area contributed by atoms with Crippen molar-refractivity contribution >= 4 is 27.3 Å². The van der Waals surface area contributed by atoms with Gasteiger partial charge in [-0.1, -0.05) is 30.3 Å². The predicted octanol–water partition coefficient (Wildman–Crippen LogP) is 3.55. The van der Waals surface area contributed by atoms with Crippen LogP contribution in [-0.4, -0.2) is 59.1 Å². The largest absolute Gasteiger partial charge is 0.497 e. The lowest BCUT2D eigenvalue weighted by molar-refractivity contribution is -0.129. The lowest BCUT2D eigenvalue weighted by atomic mass is 10.2. The number of rotatable bonds is 7. The van der Waals surface area contributed by atoms with Gasteiger partial charge >= 0.3 is 0 Å². The van der Waals surface area contributed by atoms with Gasteiger partial charge in [-0.3, -0.25) is 9.10 Å². The van der Waals surface area contributed by atoms with E-state index in [1.165, 1.54) is 4.31 Å². The molecule has 4 rings (SSSR count). The lowest BCUT2D eigenvalue weighted by Crippen LogP contribution is -2.52. The number of amides is 1. The standard InChI is InChI=1S/C26H29N3O4S/c1-21-7-6-8-23(19-21)29(34(31,32)25-9-4-3-5-10-25)20-26(30)28-17-15-27(16-18-28)22-11-13-24(33-2)14-12-22/h3-14,19H,15-18,20H2,1-2H3. The molecule has 8 heteroatoms. The second-order valence-electron chi connectivity index (χ2n) is 8.23. The number of sulfonamides is 1. The zero-order valence-electron chi connectivity index (χ0n) is 19.4. The SMILES string of the molecule is COc1ccc(N2CCN(C(=O)CN(c3cccc(C)c3)S(=O)(=O)c3ccccc3)CC2)cc1. The fourth-order valence-electron chi connectivity index (χ4n) is 4.05. The van der Waals surface area contributed by atoms with Crippen LogP contribution in [0.3, 0.4) is 0 Å². The third kappa shape index (κ3) is 5.17. The molecule has 34 heavy (non-hydrogen) atoms. The maximum absolute atomic E-state index is 13.5. The lowest BCUT2D eigenvalue weighted by Gasteiger charge is -2.37. The van der Waals surface area contributed by atoms with Crippen molar-refractivity contribution in [1.29, 1.82) is 0 Å². The minimum absolute atomic E-state index is 0.161. The second-order valence-corrected chi connectivity index (χ2v) is 10.1. The van der Waals surface area contributed by atoms with Crippen LogP contribution in [0.1, 0.15) is 5.56 Å². The van der Waals surface area contributed by atoms with Gasteiger partial charge < -0.3 is 14.5 Å². The number of benzene rings is 3. The summed E-state index contributed by atoms with van der Waals surface area (Å²) in [7, 11) is -2.27. The quantitative estimate of drug-likeness (QED) is 0.518. The van der Waals surface area contributed by atoms with Crippen LogP contribution >= 0.6 is 0 Å². The van der Waals surface area contributed by atoms with E-state index in [2.05, 4.69) is 4.90 Å². The molecule has 1 saturated heterocycles. The van der Waals surface area contributed by atoms with Crippen molar-refractivity contribution in [2.24, 2.45) is 0 Å². The Hall–Kier alpha value is -3.52. The molecule has 0 bridgehead atoms. The summed E-state index contributed by atoms with van der Waals surface area (Å²) in [5.41, 5.74) is 2.47. The summed E-state index contributed by atoms with van der Waals surface area (Å²) in [4.78, 5) is 17.4. The highest BCUT2D eigenvalue weighted by molar-refractivity contribution is 7.92. The maximum Gasteiger partial charge on any atom is 0.264 e. The monoisotopic (exact) mass is 479 g/mol. The number of aryl methyl sites for hydroxylation is 1.